The standard InChI is InChI=1S/C26H33F2N3O3S/c1-17(2)12-22(34-16-25(32)33)8-7-11-31-19(4)14-30(15-20(31)5)26-29-13-24(35-26)21(6)23(28)10-9-18(3)27/h7-10,12-13,19-20H,1,3,11,14-16H2,2,4-6H3,(H,32,33)/b8-7+,10-9-,22-12+,23-21-/t19-,20+. The monoisotopic (exact) mass is 505 g/mol. The number of carboxylic acids is 1. The minimum absolute atomic E-state index is 0.219. The molecule has 9 heteroatoms. The molecule has 35 heavy (non-hydrogen) atoms. The Morgan fingerprint density at radius 3 is 2.46 bits per heavy atom. The molecule has 2 atom stereocenters. The Bertz CT molecular complexity index is 1050. The van der Waals surface area contributed by atoms with Crippen LogP contribution in [0.2, 0.25) is 0 Å². The Morgan fingerprint density at radius 1 is 1.23 bits per heavy atom. The van der Waals surface area contributed by atoms with Gasteiger partial charge in [0.2, 0.25) is 0 Å². The van der Waals surface area contributed by atoms with Crippen molar-refractivity contribution in [2.45, 2.75) is 39.8 Å². The van der Waals surface area contributed by atoms with Crippen molar-refractivity contribution in [2.75, 3.05) is 31.1 Å². The van der Waals surface area contributed by atoms with Gasteiger partial charge in [-0.2, -0.15) is 0 Å². The van der Waals surface area contributed by atoms with E-state index in [-0.39, 0.29) is 12.1 Å². The van der Waals surface area contributed by atoms with Crippen molar-refractivity contribution in [1.29, 1.82) is 0 Å². The third-order valence-electron chi connectivity index (χ3n) is 5.35. The second kappa shape index (κ2) is 13.2. The summed E-state index contributed by atoms with van der Waals surface area (Å²) >= 11 is 1.40. The lowest BCUT2D eigenvalue weighted by Crippen LogP contribution is -2.56. The molecule has 1 fully saturated rings. The Labute approximate surface area is 209 Å². The maximum Gasteiger partial charge on any atom is 0.341 e. The van der Waals surface area contributed by atoms with Gasteiger partial charge >= 0.3 is 5.97 Å². The molecule has 1 N–H and O–H groups in total. The van der Waals surface area contributed by atoms with Crippen LogP contribution >= 0.6 is 11.3 Å². The van der Waals surface area contributed by atoms with Gasteiger partial charge in [0, 0.05) is 43.5 Å². The first-order valence-corrected chi connectivity index (χ1v) is 12.0. The lowest BCUT2D eigenvalue weighted by atomic mass is 10.1. The van der Waals surface area contributed by atoms with E-state index in [1.807, 2.05) is 13.0 Å². The number of thiazole rings is 1. The molecule has 1 aliphatic heterocycles. The van der Waals surface area contributed by atoms with E-state index < -0.39 is 24.2 Å². The van der Waals surface area contributed by atoms with Crippen LogP contribution in [0.3, 0.4) is 0 Å². The summed E-state index contributed by atoms with van der Waals surface area (Å²) in [5.74, 6) is -1.81. The number of aliphatic carboxylic acids is 1. The summed E-state index contributed by atoms with van der Waals surface area (Å²) in [4.78, 5) is 20.5. The Morgan fingerprint density at radius 2 is 1.89 bits per heavy atom. The smallest absolute Gasteiger partial charge is 0.341 e. The molecule has 6 nitrogen and oxygen atoms in total. The number of rotatable bonds is 11. The van der Waals surface area contributed by atoms with Gasteiger partial charge in [0.25, 0.3) is 0 Å². The number of aromatic nitrogens is 1. The highest BCUT2D eigenvalue weighted by atomic mass is 32.1. The summed E-state index contributed by atoms with van der Waals surface area (Å²) < 4.78 is 32.4. The molecule has 1 saturated heterocycles. The van der Waals surface area contributed by atoms with Crippen molar-refractivity contribution in [3.63, 3.8) is 0 Å². The van der Waals surface area contributed by atoms with Gasteiger partial charge in [-0.1, -0.05) is 36.1 Å². The first-order valence-electron chi connectivity index (χ1n) is 11.2. The first-order chi connectivity index (χ1) is 16.5. The molecule has 1 aromatic rings. The molecule has 0 bridgehead atoms. The van der Waals surface area contributed by atoms with E-state index in [1.54, 1.807) is 25.3 Å². The van der Waals surface area contributed by atoms with Gasteiger partial charge in [-0.15, -0.1) is 0 Å². The van der Waals surface area contributed by atoms with Crippen LogP contribution in [0.1, 0.15) is 32.6 Å². The van der Waals surface area contributed by atoms with Gasteiger partial charge in [0.1, 0.15) is 17.4 Å². The van der Waals surface area contributed by atoms with E-state index in [0.29, 0.717) is 22.8 Å². The molecule has 0 unspecified atom stereocenters. The van der Waals surface area contributed by atoms with Crippen LogP contribution in [0.15, 0.2) is 72.7 Å². The van der Waals surface area contributed by atoms with Gasteiger partial charge in [-0.3, -0.25) is 4.90 Å². The molecule has 190 valence electrons. The highest BCUT2D eigenvalue weighted by molar-refractivity contribution is 7.16. The van der Waals surface area contributed by atoms with Crippen LogP contribution < -0.4 is 4.90 Å². The minimum Gasteiger partial charge on any atom is -0.482 e. The second-order valence-corrected chi connectivity index (χ2v) is 9.55. The zero-order valence-electron chi connectivity index (χ0n) is 20.6. The van der Waals surface area contributed by atoms with Crippen molar-refractivity contribution in [1.82, 2.24) is 9.88 Å². The number of piperazine rings is 1. The highest BCUT2D eigenvalue weighted by Gasteiger charge is 2.30. The van der Waals surface area contributed by atoms with E-state index in [2.05, 4.69) is 41.8 Å². The lowest BCUT2D eigenvalue weighted by Gasteiger charge is -2.44. The van der Waals surface area contributed by atoms with E-state index in [4.69, 9.17) is 9.84 Å². The zero-order valence-corrected chi connectivity index (χ0v) is 21.4. The molecule has 2 heterocycles. The summed E-state index contributed by atoms with van der Waals surface area (Å²) in [5, 5.41) is 9.67. The quantitative estimate of drug-likeness (QED) is 0.298. The maximum atomic E-state index is 14.3. The normalized spacial score (nSPS) is 20.4. The van der Waals surface area contributed by atoms with Gasteiger partial charge in [0.05, 0.1) is 4.88 Å². The van der Waals surface area contributed by atoms with Crippen LogP contribution in [-0.4, -0.2) is 59.3 Å². The molecule has 0 radical (unpaired) electrons. The molecule has 0 saturated carbocycles. The fourth-order valence-electron chi connectivity index (χ4n) is 3.68. The maximum absolute atomic E-state index is 14.3. The van der Waals surface area contributed by atoms with E-state index >= 15 is 0 Å². The summed E-state index contributed by atoms with van der Waals surface area (Å²) in [7, 11) is 0. The molecule has 1 aliphatic rings. The Balaban J connectivity index is 2.05. The number of carbonyl (C=O) groups is 1. The van der Waals surface area contributed by atoms with Crippen molar-refractivity contribution in [2.24, 2.45) is 0 Å². The number of hydrogen-bond donors (Lipinski definition) is 1. The topological polar surface area (TPSA) is 65.9 Å². The SMILES string of the molecule is C=C(F)/C=C\C(F)=C(/C)c1cnc(N2C[C@@H](C)N(C/C=C/C(=C\C(=C)C)OCC(=O)O)[C@@H](C)C2)s1. The molecule has 0 aromatic carbocycles. The van der Waals surface area contributed by atoms with Crippen molar-refractivity contribution in [3.8, 4) is 0 Å². The molecule has 2 rings (SSSR count). The molecule has 1 aromatic heterocycles. The van der Waals surface area contributed by atoms with Crippen LogP contribution in [0, 0.1) is 0 Å². The van der Waals surface area contributed by atoms with E-state index in [1.165, 1.54) is 11.3 Å². The number of carboxylic acid groups (broad SMARTS) is 1. The van der Waals surface area contributed by atoms with Gasteiger partial charge in [0.15, 0.2) is 11.7 Å². The molecule has 0 amide bonds. The van der Waals surface area contributed by atoms with Crippen LogP contribution in [0.25, 0.3) is 5.57 Å². The third-order valence-corrected chi connectivity index (χ3v) is 6.53. The predicted octanol–water partition coefficient (Wildman–Crippen LogP) is 5.90. The fraction of sp³-hybridized carbons (Fsp3) is 0.385. The molecular formula is C26H33F2N3O3S. The van der Waals surface area contributed by atoms with E-state index in [0.717, 1.165) is 35.9 Å². The summed E-state index contributed by atoms with van der Waals surface area (Å²) in [6.07, 6.45) is 9.13. The zero-order chi connectivity index (χ0) is 26.1. The van der Waals surface area contributed by atoms with Crippen molar-refractivity contribution < 1.29 is 23.4 Å². The first kappa shape index (κ1) is 28.2. The lowest BCUT2D eigenvalue weighted by molar-refractivity contribution is -0.140. The van der Waals surface area contributed by atoms with Crippen LogP contribution in [0.5, 0.6) is 0 Å². The number of allylic oxidation sites excluding steroid dienone is 8. The number of ether oxygens (including phenoxy) is 1. The Hall–Kier alpha value is -3.04. The summed E-state index contributed by atoms with van der Waals surface area (Å²) in [6.45, 7) is 16.4. The van der Waals surface area contributed by atoms with Gasteiger partial charge < -0.3 is 14.7 Å². The largest absolute Gasteiger partial charge is 0.482 e. The molecule has 0 aliphatic carbocycles. The van der Waals surface area contributed by atoms with Gasteiger partial charge in [-0.25, -0.2) is 18.6 Å². The third kappa shape index (κ3) is 8.92. The number of anilines is 1. The van der Waals surface area contributed by atoms with Gasteiger partial charge in [-0.05, 0) is 52.0 Å². The second-order valence-electron chi connectivity index (χ2n) is 8.54. The average Bonchev–Trinajstić information content (AvgIpc) is 3.26. The van der Waals surface area contributed by atoms with Crippen LogP contribution in [-0.2, 0) is 9.53 Å². The summed E-state index contributed by atoms with van der Waals surface area (Å²) in [6, 6.07) is 0.437. The fourth-order valence-corrected chi connectivity index (χ4v) is 4.62. The Kier molecular flexibility index (Phi) is 10.6. The number of hydrogen-bond acceptors (Lipinski definition) is 6. The molecule has 0 spiro atoms. The highest BCUT2D eigenvalue weighted by Crippen LogP contribution is 2.32. The van der Waals surface area contributed by atoms with Crippen molar-refractivity contribution >= 4 is 28.0 Å². The average molecular weight is 506 g/mol. The minimum atomic E-state index is -1.04. The molecular weight excluding hydrogens is 472 g/mol. The number of halogens is 2. The predicted molar refractivity (Wildman–Crippen MR) is 139 cm³/mol. The van der Waals surface area contributed by atoms with E-state index in [9.17, 15) is 13.6 Å². The number of nitrogens with zero attached hydrogens (tertiary/aromatic N) is 3. The van der Waals surface area contributed by atoms with Crippen LogP contribution in [0.4, 0.5) is 13.9 Å². The summed E-state index contributed by atoms with van der Waals surface area (Å²) in [5.41, 5.74) is 1.17. The van der Waals surface area contributed by atoms with Crippen molar-refractivity contribution in [3.05, 3.63) is 77.6 Å².